The van der Waals surface area contributed by atoms with E-state index in [0.717, 1.165) is 39.3 Å². The van der Waals surface area contributed by atoms with E-state index in [9.17, 15) is 4.79 Å². The molecule has 5 nitrogen and oxygen atoms in total. The van der Waals surface area contributed by atoms with Gasteiger partial charge in [-0.2, -0.15) is 0 Å². The Balaban J connectivity index is 1.52. The van der Waals surface area contributed by atoms with Gasteiger partial charge in [-0.25, -0.2) is 4.79 Å². The van der Waals surface area contributed by atoms with Gasteiger partial charge in [0.2, 0.25) is 0 Å². The zero-order chi connectivity index (χ0) is 13.9. The Bertz CT molecular complexity index is 484. The van der Waals surface area contributed by atoms with Gasteiger partial charge in [0.05, 0.1) is 10.7 Å². The monoisotopic (exact) mass is 294 g/mol. The molecule has 2 N–H and O–H groups in total. The first-order valence-electron chi connectivity index (χ1n) is 6.99. The van der Waals surface area contributed by atoms with Gasteiger partial charge in [-0.05, 0) is 12.1 Å². The van der Waals surface area contributed by atoms with Gasteiger partial charge in [0.1, 0.15) is 0 Å². The lowest BCUT2D eigenvalue weighted by atomic mass is 10.1. The van der Waals surface area contributed by atoms with E-state index in [1.165, 1.54) is 0 Å². The highest BCUT2D eigenvalue weighted by molar-refractivity contribution is 6.33. The van der Waals surface area contributed by atoms with E-state index in [2.05, 4.69) is 15.5 Å². The molecule has 0 atom stereocenters. The molecule has 2 aliphatic heterocycles. The fourth-order valence-electron chi connectivity index (χ4n) is 2.58. The fourth-order valence-corrected chi connectivity index (χ4v) is 2.76. The molecule has 0 radical (unpaired) electrons. The number of rotatable bonds is 2. The Morgan fingerprint density at radius 1 is 1.20 bits per heavy atom. The number of amides is 2. The maximum Gasteiger partial charge on any atom is 0.321 e. The number of piperazine rings is 1. The molecule has 0 aliphatic carbocycles. The van der Waals surface area contributed by atoms with Crippen molar-refractivity contribution in [1.82, 2.24) is 15.1 Å². The Morgan fingerprint density at radius 3 is 2.50 bits per heavy atom. The standard InChI is InChI=1S/C14H19ClN4O/c15-12-3-1-2-4-13(12)17-14(20)19-7-5-18(6-8-19)11-9-16-10-11/h1-4,11,16H,5-10H2,(H,17,20). The predicted octanol–water partition coefficient (Wildman–Crippen LogP) is 1.46. The Hall–Kier alpha value is -1.30. The lowest BCUT2D eigenvalue weighted by molar-refractivity contribution is 0.0878. The summed E-state index contributed by atoms with van der Waals surface area (Å²) in [5.41, 5.74) is 0.671. The van der Waals surface area contributed by atoms with Crippen molar-refractivity contribution < 1.29 is 4.79 Å². The van der Waals surface area contributed by atoms with E-state index in [1.807, 2.05) is 23.1 Å². The first-order valence-corrected chi connectivity index (χ1v) is 7.37. The lowest BCUT2D eigenvalue weighted by Crippen LogP contribution is -2.62. The Kier molecular flexibility index (Phi) is 4.10. The summed E-state index contributed by atoms with van der Waals surface area (Å²) in [4.78, 5) is 16.5. The average molecular weight is 295 g/mol. The van der Waals surface area contributed by atoms with Crippen LogP contribution in [0.1, 0.15) is 0 Å². The van der Waals surface area contributed by atoms with E-state index < -0.39 is 0 Å². The molecule has 2 heterocycles. The molecule has 1 aromatic rings. The van der Waals surface area contributed by atoms with Crippen molar-refractivity contribution in [3.8, 4) is 0 Å². The number of halogens is 1. The molecule has 0 spiro atoms. The topological polar surface area (TPSA) is 47.6 Å². The van der Waals surface area contributed by atoms with Crippen LogP contribution in [-0.2, 0) is 0 Å². The Labute approximate surface area is 123 Å². The second-order valence-electron chi connectivity index (χ2n) is 5.25. The highest BCUT2D eigenvalue weighted by atomic mass is 35.5. The zero-order valence-corrected chi connectivity index (χ0v) is 12.1. The van der Waals surface area contributed by atoms with E-state index in [-0.39, 0.29) is 6.03 Å². The molecule has 20 heavy (non-hydrogen) atoms. The summed E-state index contributed by atoms with van der Waals surface area (Å²) < 4.78 is 0. The summed E-state index contributed by atoms with van der Waals surface area (Å²) in [5, 5.41) is 6.73. The normalized spacial score (nSPS) is 20.6. The summed E-state index contributed by atoms with van der Waals surface area (Å²) in [5.74, 6) is 0. The third-order valence-corrected chi connectivity index (χ3v) is 4.32. The molecule has 108 valence electrons. The van der Waals surface area contributed by atoms with Crippen LogP contribution in [0.3, 0.4) is 0 Å². The molecule has 1 aromatic carbocycles. The highest BCUT2D eigenvalue weighted by Crippen LogP contribution is 2.21. The number of carbonyl (C=O) groups excluding carboxylic acids is 1. The van der Waals surface area contributed by atoms with Crippen LogP contribution in [0.25, 0.3) is 0 Å². The first kappa shape index (κ1) is 13.7. The van der Waals surface area contributed by atoms with E-state index in [4.69, 9.17) is 11.6 Å². The minimum atomic E-state index is -0.0653. The molecule has 0 aromatic heterocycles. The minimum Gasteiger partial charge on any atom is -0.322 e. The number of nitrogens with zero attached hydrogens (tertiary/aromatic N) is 2. The number of para-hydroxylation sites is 1. The van der Waals surface area contributed by atoms with E-state index in [0.29, 0.717) is 16.8 Å². The number of benzene rings is 1. The summed E-state index contributed by atoms with van der Waals surface area (Å²) >= 11 is 6.05. The lowest BCUT2D eigenvalue weighted by Gasteiger charge is -2.43. The van der Waals surface area contributed by atoms with Gasteiger partial charge in [-0.15, -0.1) is 0 Å². The van der Waals surface area contributed by atoms with Crippen LogP contribution < -0.4 is 10.6 Å². The first-order chi connectivity index (χ1) is 9.74. The fraction of sp³-hybridized carbons (Fsp3) is 0.500. The zero-order valence-electron chi connectivity index (χ0n) is 11.3. The maximum atomic E-state index is 12.2. The maximum absolute atomic E-state index is 12.2. The summed E-state index contributed by atoms with van der Waals surface area (Å²) in [6.45, 7) is 5.59. The molecule has 2 aliphatic rings. The average Bonchev–Trinajstić information content (AvgIpc) is 2.40. The van der Waals surface area contributed by atoms with Crippen LogP contribution >= 0.6 is 11.6 Å². The van der Waals surface area contributed by atoms with Gasteiger partial charge < -0.3 is 15.5 Å². The highest BCUT2D eigenvalue weighted by Gasteiger charge is 2.29. The SMILES string of the molecule is O=C(Nc1ccccc1Cl)N1CCN(C2CNC2)CC1. The van der Waals surface area contributed by atoms with Crippen LogP contribution in [0, 0.1) is 0 Å². The molecule has 0 unspecified atom stereocenters. The molecule has 2 amide bonds. The summed E-state index contributed by atoms with van der Waals surface area (Å²) in [6, 6.07) is 7.90. The van der Waals surface area contributed by atoms with Crippen molar-refractivity contribution in [3.63, 3.8) is 0 Å². The molecule has 3 rings (SSSR count). The van der Waals surface area contributed by atoms with Crippen molar-refractivity contribution in [3.05, 3.63) is 29.3 Å². The van der Waals surface area contributed by atoms with Crippen LogP contribution in [0.4, 0.5) is 10.5 Å². The Morgan fingerprint density at radius 2 is 1.90 bits per heavy atom. The van der Waals surface area contributed by atoms with Crippen LogP contribution in [0.2, 0.25) is 5.02 Å². The van der Waals surface area contributed by atoms with Crippen LogP contribution in [0.5, 0.6) is 0 Å². The van der Waals surface area contributed by atoms with Gasteiger partial charge in [-0.1, -0.05) is 23.7 Å². The number of carbonyl (C=O) groups is 1. The van der Waals surface area contributed by atoms with Gasteiger partial charge in [-0.3, -0.25) is 4.90 Å². The smallest absolute Gasteiger partial charge is 0.321 e. The number of hydrogen-bond acceptors (Lipinski definition) is 3. The number of nitrogens with one attached hydrogen (secondary N) is 2. The van der Waals surface area contributed by atoms with Crippen molar-refractivity contribution in [2.45, 2.75) is 6.04 Å². The van der Waals surface area contributed by atoms with E-state index >= 15 is 0 Å². The van der Waals surface area contributed by atoms with Crippen molar-refractivity contribution in [2.24, 2.45) is 0 Å². The summed E-state index contributed by atoms with van der Waals surface area (Å²) in [6.07, 6.45) is 0. The van der Waals surface area contributed by atoms with E-state index in [1.54, 1.807) is 6.07 Å². The van der Waals surface area contributed by atoms with Gasteiger partial charge in [0.25, 0.3) is 0 Å². The van der Waals surface area contributed by atoms with Gasteiger partial charge >= 0.3 is 6.03 Å². The van der Waals surface area contributed by atoms with Gasteiger partial charge in [0.15, 0.2) is 0 Å². The minimum absolute atomic E-state index is 0.0653. The molecule has 0 saturated carbocycles. The van der Waals surface area contributed by atoms with Crippen molar-refractivity contribution in [2.75, 3.05) is 44.6 Å². The summed E-state index contributed by atoms with van der Waals surface area (Å²) in [7, 11) is 0. The molecule has 6 heteroatoms. The third kappa shape index (κ3) is 2.90. The molecule has 2 fully saturated rings. The molecule has 0 bridgehead atoms. The second kappa shape index (κ2) is 5.99. The quantitative estimate of drug-likeness (QED) is 0.868. The predicted molar refractivity (Wildman–Crippen MR) is 80.3 cm³/mol. The second-order valence-corrected chi connectivity index (χ2v) is 5.65. The number of anilines is 1. The van der Waals surface area contributed by atoms with Crippen molar-refractivity contribution >= 4 is 23.3 Å². The van der Waals surface area contributed by atoms with Crippen LogP contribution in [0.15, 0.2) is 24.3 Å². The molecular weight excluding hydrogens is 276 g/mol. The van der Waals surface area contributed by atoms with Crippen molar-refractivity contribution in [1.29, 1.82) is 0 Å². The largest absolute Gasteiger partial charge is 0.322 e. The third-order valence-electron chi connectivity index (χ3n) is 3.99. The molecule has 2 saturated heterocycles. The number of hydrogen-bond donors (Lipinski definition) is 2. The molecular formula is C14H19ClN4O. The van der Waals surface area contributed by atoms with Crippen LogP contribution in [-0.4, -0.2) is 61.1 Å². The van der Waals surface area contributed by atoms with Gasteiger partial charge in [0, 0.05) is 45.3 Å². The number of urea groups is 1.